The summed E-state index contributed by atoms with van der Waals surface area (Å²) in [6.45, 7) is 0.852. The minimum atomic E-state index is -4.23. The zero-order valence-electron chi connectivity index (χ0n) is 16.8. The molecule has 0 aliphatic carbocycles. The third kappa shape index (κ3) is 7.54. The highest BCUT2D eigenvalue weighted by atomic mass is 31.2. The number of aliphatic hydroxyl groups excluding tert-OH is 1. The first kappa shape index (κ1) is 23.1. The van der Waals surface area contributed by atoms with Crippen molar-refractivity contribution >= 4 is 24.8 Å². The summed E-state index contributed by atoms with van der Waals surface area (Å²) >= 11 is 0. The Morgan fingerprint density at radius 1 is 1.13 bits per heavy atom. The van der Waals surface area contributed by atoms with Gasteiger partial charge in [0.05, 0.1) is 25.0 Å². The van der Waals surface area contributed by atoms with E-state index in [2.05, 4.69) is 16.0 Å². The third-order valence-corrected chi connectivity index (χ3v) is 4.92. The maximum Gasteiger partial charge on any atom is 0.362 e. The van der Waals surface area contributed by atoms with E-state index in [-0.39, 0.29) is 25.5 Å². The third-order valence-electron chi connectivity index (χ3n) is 4.46. The van der Waals surface area contributed by atoms with E-state index in [9.17, 15) is 14.5 Å². The molecule has 0 spiro atoms. The molecule has 168 valence electrons. The Balaban J connectivity index is 1.34. The molecule has 0 amide bonds. The lowest BCUT2D eigenvalue weighted by Gasteiger charge is -2.13. The summed E-state index contributed by atoms with van der Waals surface area (Å²) in [5, 5.41) is 19.4. The van der Waals surface area contributed by atoms with Crippen LogP contribution in [0, 0.1) is 0 Å². The molecule has 3 rings (SSSR count). The van der Waals surface area contributed by atoms with Gasteiger partial charge in [0.15, 0.2) is 12.1 Å². The van der Waals surface area contributed by atoms with Gasteiger partial charge in [-0.1, -0.05) is 18.2 Å². The number of benzene rings is 2. The van der Waals surface area contributed by atoms with E-state index in [0.29, 0.717) is 24.6 Å². The lowest BCUT2D eigenvalue weighted by Crippen LogP contribution is -2.34. The van der Waals surface area contributed by atoms with Crippen molar-refractivity contribution in [3.05, 3.63) is 48.0 Å². The standard InChI is InChI=1S/C20H26N3O7P/c24-15(8-14-4-6-17(7-5-14)30-13-31(26,27)28)9-21-10-16(25)11-29-19-3-1-2-18-20(19)23-12-22-18/h1-7,15,21-24H,8-13H2,(H2,26,27,28). The van der Waals surface area contributed by atoms with Gasteiger partial charge in [-0.15, -0.1) is 0 Å². The van der Waals surface area contributed by atoms with E-state index in [1.165, 1.54) is 0 Å². The Labute approximate surface area is 179 Å². The average molecular weight is 451 g/mol. The number of rotatable bonds is 12. The topological polar surface area (TPSA) is 149 Å². The van der Waals surface area contributed by atoms with Gasteiger partial charge < -0.3 is 40.3 Å². The van der Waals surface area contributed by atoms with Gasteiger partial charge in [-0.05, 0) is 36.2 Å². The molecule has 1 unspecified atom stereocenters. The van der Waals surface area contributed by atoms with Crippen LogP contribution in [-0.4, -0.2) is 59.5 Å². The molecule has 0 bridgehead atoms. The first-order chi connectivity index (χ1) is 14.8. The molecule has 0 saturated carbocycles. The number of aliphatic hydroxyl groups is 1. The normalized spacial score (nSPS) is 13.6. The Bertz CT molecular complexity index is 933. The number of para-hydroxylation sites is 1. The number of carbonyl (C=O) groups is 1. The predicted octanol–water partition coefficient (Wildman–Crippen LogP) is 1.14. The van der Waals surface area contributed by atoms with Crippen LogP contribution >= 0.6 is 7.60 Å². The molecule has 6 N–H and O–H groups in total. The van der Waals surface area contributed by atoms with E-state index in [1.807, 2.05) is 12.1 Å². The Morgan fingerprint density at radius 2 is 1.90 bits per heavy atom. The number of carbonyl (C=O) groups excluding carboxylic acids is 1. The lowest BCUT2D eigenvalue weighted by molar-refractivity contribution is -0.120. The number of ketones is 1. The molecule has 1 heterocycles. The minimum absolute atomic E-state index is 0.0721. The van der Waals surface area contributed by atoms with E-state index in [4.69, 9.17) is 19.3 Å². The number of ether oxygens (including phenoxy) is 2. The van der Waals surface area contributed by atoms with Crippen LogP contribution in [0.1, 0.15) is 5.56 Å². The zero-order valence-corrected chi connectivity index (χ0v) is 17.7. The van der Waals surface area contributed by atoms with Crippen molar-refractivity contribution in [2.75, 3.05) is 43.3 Å². The minimum Gasteiger partial charge on any atom is -0.484 e. The summed E-state index contributed by atoms with van der Waals surface area (Å²) in [6, 6.07) is 12.1. The van der Waals surface area contributed by atoms with Gasteiger partial charge in [0, 0.05) is 6.54 Å². The largest absolute Gasteiger partial charge is 0.484 e. The van der Waals surface area contributed by atoms with E-state index >= 15 is 0 Å². The fraction of sp³-hybridized carbons (Fsp3) is 0.350. The van der Waals surface area contributed by atoms with Crippen LogP contribution in [0.5, 0.6) is 11.5 Å². The van der Waals surface area contributed by atoms with E-state index < -0.39 is 20.0 Å². The number of hydrogen-bond donors (Lipinski definition) is 6. The van der Waals surface area contributed by atoms with Gasteiger partial charge in [-0.25, -0.2) is 0 Å². The van der Waals surface area contributed by atoms with Crippen LogP contribution in [0.4, 0.5) is 11.4 Å². The van der Waals surface area contributed by atoms with E-state index in [1.54, 1.807) is 30.3 Å². The van der Waals surface area contributed by atoms with Crippen LogP contribution in [0.25, 0.3) is 0 Å². The molecule has 0 radical (unpaired) electrons. The van der Waals surface area contributed by atoms with Gasteiger partial charge in [-0.2, -0.15) is 0 Å². The smallest absolute Gasteiger partial charge is 0.362 e. The van der Waals surface area contributed by atoms with Crippen LogP contribution in [0.15, 0.2) is 42.5 Å². The van der Waals surface area contributed by atoms with Crippen LogP contribution in [0.2, 0.25) is 0 Å². The van der Waals surface area contributed by atoms with Crippen molar-refractivity contribution in [2.45, 2.75) is 12.5 Å². The maximum absolute atomic E-state index is 12.1. The number of Topliss-reactive ketones (excluding diaryl/α,β-unsaturated/α-hetero) is 1. The van der Waals surface area contributed by atoms with Gasteiger partial charge in [0.25, 0.3) is 0 Å². The van der Waals surface area contributed by atoms with Crippen molar-refractivity contribution in [2.24, 2.45) is 0 Å². The van der Waals surface area contributed by atoms with Crippen LogP contribution in [-0.2, 0) is 15.8 Å². The predicted molar refractivity (Wildman–Crippen MR) is 116 cm³/mol. The van der Waals surface area contributed by atoms with Crippen molar-refractivity contribution in [3.8, 4) is 11.5 Å². The second-order valence-corrected chi connectivity index (χ2v) is 8.69. The summed E-state index contributed by atoms with van der Waals surface area (Å²) in [7, 11) is -4.23. The number of nitrogens with one attached hydrogen (secondary N) is 3. The first-order valence-corrected chi connectivity index (χ1v) is 11.5. The van der Waals surface area contributed by atoms with Crippen molar-refractivity contribution in [1.29, 1.82) is 0 Å². The van der Waals surface area contributed by atoms with Gasteiger partial charge in [0.2, 0.25) is 0 Å². The van der Waals surface area contributed by atoms with Gasteiger partial charge in [-0.3, -0.25) is 9.36 Å². The number of fused-ring (bicyclic) bond motifs is 1. The Kier molecular flexibility index (Phi) is 7.89. The molecule has 0 aromatic heterocycles. The SMILES string of the molecule is O=C(CNCC(O)Cc1ccc(OCP(=O)(O)O)cc1)COc1cccc2c1NCN2. The highest BCUT2D eigenvalue weighted by Crippen LogP contribution is 2.35. The molecule has 1 atom stereocenters. The summed E-state index contributed by atoms with van der Waals surface area (Å²) in [4.78, 5) is 29.7. The fourth-order valence-electron chi connectivity index (χ4n) is 3.02. The molecule has 31 heavy (non-hydrogen) atoms. The Hall–Kier alpha value is -2.62. The molecule has 0 fully saturated rings. The molecule has 11 heteroatoms. The first-order valence-electron chi connectivity index (χ1n) is 9.70. The second kappa shape index (κ2) is 10.6. The summed E-state index contributed by atoms with van der Waals surface area (Å²) < 4.78 is 21.4. The van der Waals surface area contributed by atoms with Crippen molar-refractivity contribution < 1.29 is 33.7 Å². The quantitative estimate of drug-likeness (QED) is 0.259. The Morgan fingerprint density at radius 3 is 2.65 bits per heavy atom. The molecule has 2 aromatic carbocycles. The molecule has 10 nitrogen and oxygen atoms in total. The van der Waals surface area contributed by atoms with Crippen LogP contribution in [0.3, 0.4) is 0 Å². The van der Waals surface area contributed by atoms with Gasteiger partial charge in [0.1, 0.15) is 23.8 Å². The zero-order chi connectivity index (χ0) is 22.3. The van der Waals surface area contributed by atoms with E-state index in [0.717, 1.165) is 16.9 Å². The summed E-state index contributed by atoms with van der Waals surface area (Å²) in [6.07, 6.45) is -1.04. The highest BCUT2D eigenvalue weighted by Gasteiger charge is 2.16. The van der Waals surface area contributed by atoms with Crippen molar-refractivity contribution in [1.82, 2.24) is 5.32 Å². The number of anilines is 2. The summed E-state index contributed by atoms with van der Waals surface area (Å²) in [5.74, 6) is 0.812. The van der Waals surface area contributed by atoms with Crippen LogP contribution < -0.4 is 25.4 Å². The molecular formula is C20H26N3O7P. The maximum atomic E-state index is 12.1. The lowest BCUT2D eigenvalue weighted by atomic mass is 10.1. The monoisotopic (exact) mass is 451 g/mol. The number of hydrogen-bond acceptors (Lipinski definition) is 8. The highest BCUT2D eigenvalue weighted by molar-refractivity contribution is 7.51. The fourth-order valence-corrected chi connectivity index (χ4v) is 3.34. The van der Waals surface area contributed by atoms with Crippen molar-refractivity contribution in [3.63, 3.8) is 0 Å². The summed E-state index contributed by atoms with van der Waals surface area (Å²) in [5.41, 5.74) is 2.61. The molecule has 0 saturated heterocycles. The molecule has 1 aliphatic rings. The van der Waals surface area contributed by atoms with Gasteiger partial charge >= 0.3 is 7.60 Å². The average Bonchev–Trinajstić information content (AvgIpc) is 3.20. The molecular weight excluding hydrogens is 425 g/mol. The molecule has 1 aliphatic heterocycles. The molecule has 2 aromatic rings. The second-order valence-electron chi connectivity index (χ2n) is 7.11.